The Balaban J connectivity index is 1.09. The van der Waals surface area contributed by atoms with Crippen LogP contribution in [0.15, 0.2) is 229 Å². The largest absolute Gasteiger partial charge is 0.454 e. The minimum atomic E-state index is -0.487. The number of furan rings is 1. The van der Waals surface area contributed by atoms with Crippen LogP contribution < -0.4 is 4.90 Å². The standard InChI is InChI=1S/C62H37NO/c1-8-26-46-38(18-1)39-19-2-9-27-47(39)61(46)50-30-12-5-23-44(50)58-52(61)32-16-34-54(58)63(56-36-15-25-43-42-22-7-14-37-57(42)64-60(43)56)55-35-17-33-53-59(55)45-24-6-13-31-51(45)62(53)48-28-10-3-20-40(48)41-21-4-11-29-49(41)62/h1-37H. The Morgan fingerprint density at radius 2 is 0.594 bits per heavy atom. The van der Waals surface area contributed by atoms with E-state index in [9.17, 15) is 0 Å². The number of para-hydroxylation sites is 2. The van der Waals surface area contributed by atoms with Crippen LogP contribution in [-0.2, 0) is 10.8 Å². The molecule has 0 N–H and O–H groups in total. The first kappa shape index (κ1) is 34.4. The van der Waals surface area contributed by atoms with E-state index in [1.54, 1.807) is 0 Å². The fourth-order valence-electron chi connectivity index (χ4n) is 12.9. The predicted molar refractivity (Wildman–Crippen MR) is 261 cm³/mol. The van der Waals surface area contributed by atoms with Crippen molar-refractivity contribution >= 4 is 39.0 Å². The van der Waals surface area contributed by atoms with Gasteiger partial charge in [0.1, 0.15) is 5.58 Å². The molecule has 15 rings (SSSR count). The summed E-state index contributed by atoms with van der Waals surface area (Å²) in [6.07, 6.45) is 0. The average molecular weight is 812 g/mol. The maximum atomic E-state index is 7.02. The average Bonchev–Trinajstić information content (AvgIpc) is 4.14. The first-order valence-electron chi connectivity index (χ1n) is 22.4. The summed E-state index contributed by atoms with van der Waals surface area (Å²) in [5.74, 6) is 0. The molecule has 0 unspecified atom stereocenters. The number of benzene rings is 10. The summed E-state index contributed by atoms with van der Waals surface area (Å²) in [6.45, 7) is 0. The third-order valence-corrected chi connectivity index (χ3v) is 15.1. The number of rotatable bonds is 3. The van der Waals surface area contributed by atoms with Crippen molar-refractivity contribution in [2.45, 2.75) is 10.8 Å². The van der Waals surface area contributed by atoms with Gasteiger partial charge in [0.25, 0.3) is 0 Å². The van der Waals surface area contributed by atoms with Crippen molar-refractivity contribution < 1.29 is 4.42 Å². The van der Waals surface area contributed by atoms with Crippen molar-refractivity contribution in [3.8, 4) is 44.5 Å². The zero-order valence-corrected chi connectivity index (χ0v) is 34.7. The molecular weight excluding hydrogens is 775 g/mol. The van der Waals surface area contributed by atoms with E-state index in [-0.39, 0.29) is 0 Å². The van der Waals surface area contributed by atoms with Crippen LogP contribution in [0.3, 0.4) is 0 Å². The van der Waals surface area contributed by atoms with Crippen LogP contribution in [0, 0.1) is 0 Å². The molecule has 0 fully saturated rings. The second-order valence-corrected chi connectivity index (χ2v) is 17.8. The lowest BCUT2D eigenvalue weighted by molar-refractivity contribution is 0.669. The van der Waals surface area contributed by atoms with Gasteiger partial charge in [0.2, 0.25) is 0 Å². The summed E-state index contributed by atoms with van der Waals surface area (Å²) in [5.41, 5.74) is 24.8. The van der Waals surface area contributed by atoms with Crippen LogP contribution in [0.2, 0.25) is 0 Å². The molecule has 2 nitrogen and oxygen atoms in total. The highest BCUT2D eigenvalue weighted by Gasteiger charge is 2.54. The Labute approximate surface area is 371 Å². The normalized spacial score (nSPS) is 14.5. The third-order valence-electron chi connectivity index (χ3n) is 15.1. The number of hydrogen-bond acceptors (Lipinski definition) is 2. The molecule has 0 atom stereocenters. The minimum absolute atomic E-state index is 0.487. The van der Waals surface area contributed by atoms with Gasteiger partial charge in [-0.2, -0.15) is 0 Å². The molecule has 0 saturated heterocycles. The van der Waals surface area contributed by atoms with Crippen molar-refractivity contribution in [2.75, 3.05) is 4.90 Å². The molecule has 2 spiro atoms. The van der Waals surface area contributed by atoms with Crippen molar-refractivity contribution in [2.24, 2.45) is 0 Å². The maximum absolute atomic E-state index is 7.02. The number of anilines is 3. The predicted octanol–water partition coefficient (Wildman–Crippen LogP) is 15.7. The van der Waals surface area contributed by atoms with E-state index in [2.05, 4.69) is 229 Å². The van der Waals surface area contributed by atoms with E-state index in [1.807, 2.05) is 0 Å². The summed E-state index contributed by atoms with van der Waals surface area (Å²) in [4.78, 5) is 2.55. The van der Waals surface area contributed by atoms with Gasteiger partial charge in [0.05, 0.1) is 27.9 Å². The number of fused-ring (bicyclic) bond motifs is 23. The highest BCUT2D eigenvalue weighted by molar-refractivity contribution is 6.13. The summed E-state index contributed by atoms with van der Waals surface area (Å²) < 4.78 is 7.02. The molecule has 11 aromatic rings. The Morgan fingerprint density at radius 3 is 1.06 bits per heavy atom. The van der Waals surface area contributed by atoms with Gasteiger partial charge in [0, 0.05) is 21.9 Å². The third kappa shape index (κ3) is 3.95. The van der Waals surface area contributed by atoms with E-state index >= 15 is 0 Å². The Bertz CT molecular complexity index is 3540. The molecule has 0 bridgehead atoms. The van der Waals surface area contributed by atoms with Crippen molar-refractivity contribution in [1.82, 2.24) is 0 Å². The first-order chi connectivity index (χ1) is 31.8. The van der Waals surface area contributed by atoms with Crippen LogP contribution in [0.1, 0.15) is 44.5 Å². The van der Waals surface area contributed by atoms with Gasteiger partial charge >= 0.3 is 0 Å². The van der Waals surface area contributed by atoms with Gasteiger partial charge in [-0.25, -0.2) is 0 Å². The van der Waals surface area contributed by atoms with Crippen LogP contribution >= 0.6 is 0 Å². The quantitative estimate of drug-likeness (QED) is 0.177. The molecule has 0 amide bonds. The Hall–Kier alpha value is -8.20. The SMILES string of the molecule is c1ccc2c(c1)-c1ccccc1C21c2ccccc2-c2c(N(c3cccc4c3-c3ccccc3C43c4ccccc4-c4ccccc43)c3cccc4c3oc3ccccc34)cccc21. The zero-order valence-electron chi connectivity index (χ0n) is 34.7. The van der Waals surface area contributed by atoms with Crippen LogP contribution in [-0.4, -0.2) is 0 Å². The molecule has 0 aliphatic heterocycles. The summed E-state index contributed by atoms with van der Waals surface area (Å²) in [6, 6.07) is 83.8. The number of nitrogens with zero attached hydrogens (tertiary/aromatic N) is 1. The van der Waals surface area contributed by atoms with E-state index in [1.165, 1.54) is 89.0 Å². The molecule has 64 heavy (non-hydrogen) atoms. The Kier molecular flexibility index (Phi) is 6.58. The molecular formula is C62H37NO. The molecule has 1 aromatic heterocycles. The molecule has 296 valence electrons. The first-order valence-corrected chi connectivity index (χ1v) is 22.4. The van der Waals surface area contributed by atoms with Gasteiger partial charge in [0.15, 0.2) is 5.58 Å². The second-order valence-electron chi connectivity index (χ2n) is 17.8. The molecule has 10 aromatic carbocycles. The highest BCUT2D eigenvalue weighted by Crippen LogP contribution is 2.67. The van der Waals surface area contributed by atoms with Gasteiger partial charge in [-0.3, -0.25) is 0 Å². The van der Waals surface area contributed by atoms with E-state index in [0.717, 1.165) is 39.0 Å². The lowest BCUT2D eigenvalue weighted by Crippen LogP contribution is -2.26. The minimum Gasteiger partial charge on any atom is -0.454 e. The van der Waals surface area contributed by atoms with Gasteiger partial charge in [-0.15, -0.1) is 0 Å². The molecule has 0 saturated carbocycles. The molecule has 2 heteroatoms. The van der Waals surface area contributed by atoms with E-state index in [0.29, 0.717) is 0 Å². The molecule has 4 aliphatic rings. The lowest BCUT2D eigenvalue weighted by Gasteiger charge is -2.33. The fraction of sp³-hybridized carbons (Fsp3) is 0.0323. The lowest BCUT2D eigenvalue weighted by atomic mass is 9.70. The van der Waals surface area contributed by atoms with Crippen LogP contribution in [0.5, 0.6) is 0 Å². The second kappa shape index (κ2) is 12.2. The van der Waals surface area contributed by atoms with Gasteiger partial charge in [-0.1, -0.05) is 200 Å². The van der Waals surface area contributed by atoms with Crippen molar-refractivity contribution in [3.05, 3.63) is 269 Å². The maximum Gasteiger partial charge on any atom is 0.159 e. The molecule has 4 aliphatic carbocycles. The van der Waals surface area contributed by atoms with Crippen LogP contribution in [0.4, 0.5) is 17.1 Å². The van der Waals surface area contributed by atoms with Gasteiger partial charge in [-0.05, 0) is 102 Å². The molecule has 0 radical (unpaired) electrons. The number of hydrogen-bond donors (Lipinski definition) is 0. The van der Waals surface area contributed by atoms with E-state index in [4.69, 9.17) is 4.42 Å². The van der Waals surface area contributed by atoms with E-state index < -0.39 is 10.8 Å². The highest BCUT2D eigenvalue weighted by atomic mass is 16.3. The molecule has 1 heterocycles. The van der Waals surface area contributed by atoms with Crippen molar-refractivity contribution in [3.63, 3.8) is 0 Å². The zero-order chi connectivity index (χ0) is 41.7. The summed E-state index contributed by atoms with van der Waals surface area (Å²) in [7, 11) is 0. The van der Waals surface area contributed by atoms with Gasteiger partial charge < -0.3 is 9.32 Å². The monoisotopic (exact) mass is 811 g/mol. The summed E-state index contributed by atoms with van der Waals surface area (Å²) in [5, 5.41) is 2.21. The smallest absolute Gasteiger partial charge is 0.159 e. The van der Waals surface area contributed by atoms with Crippen molar-refractivity contribution in [1.29, 1.82) is 0 Å². The topological polar surface area (TPSA) is 16.4 Å². The summed E-state index contributed by atoms with van der Waals surface area (Å²) >= 11 is 0. The fourth-order valence-corrected chi connectivity index (χ4v) is 12.9. The Morgan fingerprint density at radius 1 is 0.266 bits per heavy atom. The van der Waals surface area contributed by atoms with Crippen LogP contribution in [0.25, 0.3) is 66.4 Å².